The van der Waals surface area contributed by atoms with E-state index in [0.29, 0.717) is 28.7 Å². The number of amides is 2. The molecular formula is C27H30N2O4S. The molecule has 3 rings (SSSR count). The number of thioether (sulfide) groups is 1. The van der Waals surface area contributed by atoms with Crippen molar-refractivity contribution in [2.45, 2.75) is 36.8 Å². The molecular weight excluding hydrogens is 448 g/mol. The molecule has 1 unspecified atom stereocenters. The maximum absolute atomic E-state index is 12.6. The number of anilines is 2. The maximum atomic E-state index is 12.6. The Labute approximate surface area is 205 Å². The van der Waals surface area contributed by atoms with Gasteiger partial charge in [0.05, 0.1) is 19.5 Å². The second-order valence-electron chi connectivity index (χ2n) is 8.07. The van der Waals surface area contributed by atoms with Crippen molar-refractivity contribution >= 4 is 35.0 Å². The smallest absolute Gasteiger partial charge is 0.255 e. The van der Waals surface area contributed by atoms with Gasteiger partial charge in [-0.15, -0.1) is 11.8 Å². The van der Waals surface area contributed by atoms with E-state index in [1.54, 1.807) is 25.3 Å². The fourth-order valence-electron chi connectivity index (χ4n) is 3.25. The van der Waals surface area contributed by atoms with Crippen LogP contribution in [0.25, 0.3) is 0 Å². The van der Waals surface area contributed by atoms with Gasteiger partial charge in [0.15, 0.2) is 11.5 Å². The second-order valence-corrected chi connectivity index (χ2v) is 9.49. The van der Waals surface area contributed by atoms with Gasteiger partial charge < -0.3 is 20.1 Å². The van der Waals surface area contributed by atoms with Crippen LogP contribution >= 0.6 is 11.8 Å². The highest BCUT2D eigenvalue weighted by atomic mass is 32.2. The van der Waals surface area contributed by atoms with E-state index in [1.807, 2.05) is 55.5 Å². The summed E-state index contributed by atoms with van der Waals surface area (Å²) < 4.78 is 10.5. The molecule has 7 heteroatoms. The van der Waals surface area contributed by atoms with Crippen LogP contribution in [0.15, 0.2) is 71.6 Å². The summed E-state index contributed by atoms with van der Waals surface area (Å²) in [5, 5.41) is 5.56. The zero-order chi connectivity index (χ0) is 24.7. The third kappa shape index (κ3) is 6.54. The Morgan fingerprint density at radius 3 is 1.94 bits per heavy atom. The van der Waals surface area contributed by atoms with Gasteiger partial charge in [0.1, 0.15) is 0 Å². The van der Waals surface area contributed by atoms with E-state index < -0.39 is 0 Å². The summed E-state index contributed by atoms with van der Waals surface area (Å²) in [5.74, 6) is 1.19. The second kappa shape index (κ2) is 11.6. The lowest BCUT2D eigenvalue weighted by atomic mass is 10.0. The molecule has 0 saturated heterocycles. The Kier molecular flexibility index (Phi) is 8.60. The molecule has 0 aliphatic heterocycles. The Morgan fingerprint density at radius 1 is 0.765 bits per heavy atom. The molecule has 0 heterocycles. The highest BCUT2D eigenvalue weighted by Gasteiger charge is 2.15. The first-order valence-corrected chi connectivity index (χ1v) is 11.9. The molecule has 0 bridgehead atoms. The molecule has 2 amide bonds. The average molecular weight is 479 g/mol. The summed E-state index contributed by atoms with van der Waals surface area (Å²) in [6.07, 6.45) is 0. The lowest BCUT2D eigenvalue weighted by Crippen LogP contribution is -2.22. The van der Waals surface area contributed by atoms with Crippen LogP contribution in [-0.4, -0.2) is 31.3 Å². The molecule has 0 spiro atoms. The van der Waals surface area contributed by atoms with Crippen LogP contribution in [0.4, 0.5) is 11.4 Å². The van der Waals surface area contributed by atoms with Crippen molar-refractivity contribution in [2.75, 3.05) is 24.9 Å². The van der Waals surface area contributed by atoms with Gasteiger partial charge in [-0.2, -0.15) is 0 Å². The summed E-state index contributed by atoms with van der Waals surface area (Å²) in [5.41, 5.74) is 3.14. The van der Waals surface area contributed by atoms with E-state index in [1.165, 1.54) is 24.4 Å². The van der Waals surface area contributed by atoms with Crippen molar-refractivity contribution in [3.63, 3.8) is 0 Å². The Bertz CT molecular complexity index is 1130. The molecule has 0 radical (unpaired) electrons. The summed E-state index contributed by atoms with van der Waals surface area (Å²) in [7, 11) is 3.07. The third-order valence-electron chi connectivity index (χ3n) is 5.28. The number of nitrogens with one attached hydrogen (secondary N) is 2. The van der Waals surface area contributed by atoms with Crippen molar-refractivity contribution in [2.24, 2.45) is 0 Å². The molecule has 6 nitrogen and oxygen atoms in total. The molecule has 2 N–H and O–H groups in total. The number of carbonyl (C=O) groups is 2. The summed E-state index contributed by atoms with van der Waals surface area (Å²) in [4.78, 5) is 26.1. The predicted octanol–water partition coefficient (Wildman–Crippen LogP) is 6.20. The minimum absolute atomic E-state index is 0.0619. The largest absolute Gasteiger partial charge is 0.493 e. The number of methoxy groups -OCH3 is 2. The molecule has 0 saturated carbocycles. The fraction of sp³-hybridized carbons (Fsp3) is 0.259. The SMILES string of the molecule is COc1ccc(C(=O)Nc2ccc(SC(C)C(=O)Nc3ccc(C(C)C)cc3)cc2)cc1OC. The van der Waals surface area contributed by atoms with E-state index in [0.717, 1.165) is 10.6 Å². The van der Waals surface area contributed by atoms with Crippen LogP contribution in [-0.2, 0) is 4.79 Å². The number of benzene rings is 3. The summed E-state index contributed by atoms with van der Waals surface area (Å²) >= 11 is 1.46. The number of carbonyl (C=O) groups excluding carboxylic acids is 2. The van der Waals surface area contributed by atoms with Crippen molar-refractivity contribution in [1.29, 1.82) is 0 Å². The molecule has 0 aliphatic carbocycles. The predicted molar refractivity (Wildman–Crippen MR) is 138 cm³/mol. The van der Waals surface area contributed by atoms with Crippen molar-refractivity contribution < 1.29 is 19.1 Å². The van der Waals surface area contributed by atoms with Gasteiger partial charge in [-0.3, -0.25) is 9.59 Å². The number of hydrogen-bond donors (Lipinski definition) is 2. The fourth-order valence-corrected chi connectivity index (χ4v) is 4.12. The van der Waals surface area contributed by atoms with E-state index in [2.05, 4.69) is 24.5 Å². The zero-order valence-electron chi connectivity index (χ0n) is 20.0. The molecule has 1 atom stereocenters. The van der Waals surface area contributed by atoms with Crippen LogP contribution in [0.3, 0.4) is 0 Å². The first-order chi connectivity index (χ1) is 16.3. The van der Waals surface area contributed by atoms with Gasteiger partial charge in [0.25, 0.3) is 5.91 Å². The van der Waals surface area contributed by atoms with E-state index >= 15 is 0 Å². The van der Waals surface area contributed by atoms with Crippen molar-refractivity contribution in [1.82, 2.24) is 0 Å². The first-order valence-electron chi connectivity index (χ1n) is 11.0. The number of rotatable bonds is 9. The van der Waals surface area contributed by atoms with Gasteiger partial charge in [0.2, 0.25) is 5.91 Å². The highest BCUT2D eigenvalue weighted by molar-refractivity contribution is 8.00. The molecule has 3 aromatic rings. The topological polar surface area (TPSA) is 76.7 Å². The average Bonchev–Trinajstić information content (AvgIpc) is 2.84. The summed E-state index contributed by atoms with van der Waals surface area (Å²) in [6.45, 7) is 6.15. The normalized spacial score (nSPS) is 11.6. The third-order valence-corrected chi connectivity index (χ3v) is 6.40. The quantitative estimate of drug-likeness (QED) is 0.358. The maximum Gasteiger partial charge on any atom is 0.255 e. The molecule has 3 aromatic carbocycles. The molecule has 0 aliphatic rings. The lowest BCUT2D eigenvalue weighted by Gasteiger charge is -2.13. The highest BCUT2D eigenvalue weighted by Crippen LogP contribution is 2.29. The Balaban J connectivity index is 1.56. The van der Waals surface area contributed by atoms with E-state index in [-0.39, 0.29) is 17.1 Å². The zero-order valence-corrected chi connectivity index (χ0v) is 20.9. The van der Waals surface area contributed by atoms with Crippen molar-refractivity contribution in [3.8, 4) is 11.5 Å². The van der Waals surface area contributed by atoms with Gasteiger partial charge in [0, 0.05) is 21.8 Å². The number of hydrogen-bond acceptors (Lipinski definition) is 5. The van der Waals surface area contributed by atoms with E-state index in [9.17, 15) is 9.59 Å². The van der Waals surface area contributed by atoms with Crippen LogP contribution in [0, 0.1) is 0 Å². The van der Waals surface area contributed by atoms with E-state index in [4.69, 9.17) is 9.47 Å². The first kappa shape index (κ1) is 25.2. The Hall–Kier alpha value is -3.45. The lowest BCUT2D eigenvalue weighted by molar-refractivity contribution is -0.115. The standard InChI is InChI=1S/C27H30N2O4S/c1-17(2)19-6-9-21(10-7-19)28-26(30)18(3)34-23-13-11-22(12-14-23)29-27(31)20-8-15-24(32-4)25(16-20)33-5/h6-18H,1-5H3,(H,28,30)(H,29,31). The van der Waals surface area contributed by atoms with Gasteiger partial charge in [-0.25, -0.2) is 0 Å². The minimum Gasteiger partial charge on any atom is -0.493 e. The monoisotopic (exact) mass is 478 g/mol. The van der Waals surface area contributed by atoms with Crippen LogP contribution in [0.1, 0.15) is 42.6 Å². The van der Waals surface area contributed by atoms with Gasteiger partial charge in [-0.1, -0.05) is 26.0 Å². The van der Waals surface area contributed by atoms with Gasteiger partial charge >= 0.3 is 0 Å². The summed E-state index contributed by atoms with van der Waals surface area (Å²) in [6, 6.07) is 20.3. The van der Waals surface area contributed by atoms with Crippen molar-refractivity contribution in [3.05, 3.63) is 77.9 Å². The molecule has 34 heavy (non-hydrogen) atoms. The molecule has 0 aromatic heterocycles. The molecule has 0 fully saturated rings. The minimum atomic E-state index is -0.281. The van der Waals surface area contributed by atoms with Crippen LogP contribution in [0.2, 0.25) is 0 Å². The number of ether oxygens (including phenoxy) is 2. The Morgan fingerprint density at radius 2 is 1.35 bits per heavy atom. The van der Waals surface area contributed by atoms with Gasteiger partial charge in [-0.05, 0) is 73.0 Å². The molecule has 178 valence electrons. The van der Waals surface area contributed by atoms with Crippen LogP contribution < -0.4 is 20.1 Å². The van der Waals surface area contributed by atoms with Crippen LogP contribution in [0.5, 0.6) is 11.5 Å².